The summed E-state index contributed by atoms with van der Waals surface area (Å²) < 4.78 is 3.71. The number of rotatable bonds is 7. The number of piperidine rings is 1. The van der Waals surface area contributed by atoms with Crippen molar-refractivity contribution in [3.05, 3.63) is 89.0 Å². The average molecular weight is 474 g/mol. The van der Waals surface area contributed by atoms with E-state index < -0.39 is 0 Å². The molecule has 1 aliphatic rings. The first-order chi connectivity index (χ1) is 16.7. The smallest absolute Gasteiger partial charge is 0.259 e. The molecule has 7 nitrogen and oxygen atoms in total. The fraction of sp³-hybridized carbons (Fsp3) is 0.269. The first-order valence-electron chi connectivity index (χ1n) is 11.6. The van der Waals surface area contributed by atoms with Crippen LogP contribution in [0.15, 0.2) is 78.6 Å². The lowest BCUT2D eigenvalue weighted by Crippen LogP contribution is -2.43. The fourth-order valence-corrected chi connectivity index (χ4v) is 5.11. The number of carbonyl (C=O) groups excluding carboxylic acids is 2. The van der Waals surface area contributed by atoms with Crippen LogP contribution in [0.2, 0.25) is 0 Å². The van der Waals surface area contributed by atoms with Crippen molar-refractivity contribution >= 4 is 23.2 Å². The molecule has 2 amide bonds. The van der Waals surface area contributed by atoms with Crippen LogP contribution < -0.4 is 5.32 Å². The zero-order valence-corrected chi connectivity index (χ0v) is 19.7. The minimum atomic E-state index is -0.0533. The predicted octanol–water partition coefficient (Wildman–Crippen LogP) is 3.94. The SMILES string of the molecule is O=C(NCCc1cccs1)C1CCN(C(=O)c2cnn(-c3ccccc3)c2-n2cccc2)CC1. The van der Waals surface area contributed by atoms with Gasteiger partial charge in [-0.3, -0.25) is 9.59 Å². The van der Waals surface area contributed by atoms with E-state index in [-0.39, 0.29) is 17.7 Å². The molecule has 34 heavy (non-hydrogen) atoms. The van der Waals surface area contributed by atoms with Gasteiger partial charge in [-0.05, 0) is 55.0 Å². The molecule has 1 aromatic carbocycles. The summed E-state index contributed by atoms with van der Waals surface area (Å²) in [5.74, 6) is 0.703. The summed E-state index contributed by atoms with van der Waals surface area (Å²) in [5.41, 5.74) is 1.45. The molecule has 8 heteroatoms. The molecule has 1 saturated heterocycles. The lowest BCUT2D eigenvalue weighted by molar-refractivity contribution is -0.126. The molecule has 4 aromatic rings. The fourth-order valence-electron chi connectivity index (χ4n) is 4.40. The number of amides is 2. The number of hydrogen-bond acceptors (Lipinski definition) is 4. The van der Waals surface area contributed by atoms with Crippen molar-refractivity contribution in [2.75, 3.05) is 19.6 Å². The second-order valence-electron chi connectivity index (χ2n) is 8.41. The van der Waals surface area contributed by atoms with E-state index in [0.717, 1.165) is 17.9 Å². The van der Waals surface area contributed by atoms with E-state index in [4.69, 9.17) is 0 Å². The number of benzene rings is 1. The third kappa shape index (κ3) is 4.68. The molecule has 0 bridgehead atoms. The molecular weight excluding hydrogens is 446 g/mol. The van der Waals surface area contributed by atoms with Gasteiger partial charge in [0.2, 0.25) is 5.91 Å². The molecule has 4 heterocycles. The number of carbonyl (C=O) groups is 2. The van der Waals surface area contributed by atoms with E-state index in [0.29, 0.717) is 38.0 Å². The molecule has 0 radical (unpaired) electrons. The number of nitrogens with zero attached hydrogens (tertiary/aromatic N) is 4. The summed E-state index contributed by atoms with van der Waals surface area (Å²) in [6, 6.07) is 17.8. The Hall–Kier alpha value is -3.65. The molecule has 0 aliphatic carbocycles. The maximum absolute atomic E-state index is 13.5. The Kier molecular flexibility index (Phi) is 6.58. The number of para-hydroxylation sites is 1. The molecule has 0 spiro atoms. The molecule has 174 valence electrons. The minimum absolute atomic E-state index is 0.0525. The number of hydrogen-bond donors (Lipinski definition) is 1. The van der Waals surface area contributed by atoms with Crippen LogP contribution in [0.4, 0.5) is 0 Å². The van der Waals surface area contributed by atoms with Gasteiger partial charge in [-0.25, -0.2) is 4.68 Å². The van der Waals surface area contributed by atoms with Crippen molar-refractivity contribution in [1.29, 1.82) is 0 Å². The summed E-state index contributed by atoms with van der Waals surface area (Å²) in [4.78, 5) is 29.2. The Morgan fingerprint density at radius 2 is 1.76 bits per heavy atom. The summed E-state index contributed by atoms with van der Waals surface area (Å²) in [7, 11) is 0. The summed E-state index contributed by atoms with van der Waals surface area (Å²) >= 11 is 1.71. The Labute approximate surface area is 202 Å². The zero-order chi connectivity index (χ0) is 23.3. The van der Waals surface area contributed by atoms with Gasteiger partial charge >= 0.3 is 0 Å². The van der Waals surface area contributed by atoms with Crippen molar-refractivity contribution in [3.8, 4) is 11.5 Å². The van der Waals surface area contributed by atoms with Gasteiger partial charge in [0.05, 0.1) is 11.9 Å². The predicted molar refractivity (Wildman–Crippen MR) is 133 cm³/mol. The standard InChI is InChI=1S/C26H27N5O2S/c32-24(27-13-10-22-9-6-18-34-22)20-11-16-30(17-12-20)26(33)23-19-28-31(21-7-2-1-3-8-21)25(23)29-14-4-5-15-29/h1-9,14-15,18-20H,10-13,16-17H2,(H,27,32). The highest BCUT2D eigenvalue weighted by atomic mass is 32.1. The highest BCUT2D eigenvalue weighted by Gasteiger charge is 2.30. The molecule has 0 saturated carbocycles. The second-order valence-corrected chi connectivity index (χ2v) is 9.44. The lowest BCUT2D eigenvalue weighted by Gasteiger charge is -2.31. The normalized spacial score (nSPS) is 14.3. The number of aromatic nitrogens is 3. The van der Waals surface area contributed by atoms with Gasteiger partial charge in [-0.1, -0.05) is 24.3 Å². The van der Waals surface area contributed by atoms with Gasteiger partial charge in [-0.15, -0.1) is 11.3 Å². The lowest BCUT2D eigenvalue weighted by atomic mass is 9.95. The maximum atomic E-state index is 13.5. The number of nitrogens with one attached hydrogen (secondary N) is 1. The minimum Gasteiger partial charge on any atom is -0.355 e. The van der Waals surface area contributed by atoms with Gasteiger partial charge in [0.15, 0.2) is 5.82 Å². The van der Waals surface area contributed by atoms with Crippen molar-refractivity contribution in [2.45, 2.75) is 19.3 Å². The molecule has 1 N–H and O–H groups in total. The summed E-state index contributed by atoms with van der Waals surface area (Å²) in [6.07, 6.45) is 7.67. The van der Waals surface area contributed by atoms with Gasteiger partial charge in [0.1, 0.15) is 5.56 Å². The Balaban J connectivity index is 1.25. The Bertz CT molecular complexity index is 1220. The quantitative estimate of drug-likeness (QED) is 0.442. The van der Waals surface area contributed by atoms with Crippen molar-refractivity contribution in [1.82, 2.24) is 24.6 Å². The van der Waals surface area contributed by atoms with Gasteiger partial charge < -0.3 is 14.8 Å². The monoisotopic (exact) mass is 473 g/mol. The van der Waals surface area contributed by atoms with Crippen LogP contribution in [0.1, 0.15) is 28.1 Å². The van der Waals surface area contributed by atoms with E-state index in [9.17, 15) is 9.59 Å². The molecule has 1 fully saturated rings. The van der Waals surface area contributed by atoms with Crippen molar-refractivity contribution in [2.24, 2.45) is 5.92 Å². The van der Waals surface area contributed by atoms with E-state index in [1.165, 1.54) is 4.88 Å². The first-order valence-corrected chi connectivity index (χ1v) is 12.4. The highest BCUT2D eigenvalue weighted by molar-refractivity contribution is 7.09. The van der Waals surface area contributed by atoms with E-state index in [2.05, 4.69) is 21.9 Å². The first kappa shape index (κ1) is 22.2. The van der Waals surface area contributed by atoms with Crippen LogP contribution in [0.3, 0.4) is 0 Å². The third-order valence-electron chi connectivity index (χ3n) is 6.23. The molecule has 0 unspecified atom stereocenters. The van der Waals surface area contributed by atoms with Crippen molar-refractivity contribution in [3.63, 3.8) is 0 Å². The van der Waals surface area contributed by atoms with Gasteiger partial charge in [0, 0.05) is 42.8 Å². The molecule has 0 atom stereocenters. The molecular formula is C26H27N5O2S. The zero-order valence-electron chi connectivity index (χ0n) is 18.8. The van der Waals surface area contributed by atoms with Crippen LogP contribution in [0.25, 0.3) is 11.5 Å². The van der Waals surface area contributed by atoms with E-state index in [1.807, 2.05) is 70.4 Å². The number of thiophene rings is 1. The molecule has 1 aliphatic heterocycles. The van der Waals surface area contributed by atoms with Crippen LogP contribution in [0.5, 0.6) is 0 Å². The highest BCUT2D eigenvalue weighted by Crippen LogP contribution is 2.24. The van der Waals surface area contributed by atoms with Gasteiger partial charge in [0.25, 0.3) is 5.91 Å². The third-order valence-corrected chi connectivity index (χ3v) is 7.16. The topological polar surface area (TPSA) is 72.2 Å². The maximum Gasteiger partial charge on any atom is 0.259 e. The average Bonchev–Trinajstić information content (AvgIpc) is 3.66. The molecule has 3 aromatic heterocycles. The Morgan fingerprint density at radius 3 is 2.47 bits per heavy atom. The Morgan fingerprint density at radius 1 is 1.00 bits per heavy atom. The van der Waals surface area contributed by atoms with Crippen molar-refractivity contribution < 1.29 is 9.59 Å². The van der Waals surface area contributed by atoms with Gasteiger partial charge in [-0.2, -0.15) is 5.10 Å². The summed E-state index contributed by atoms with van der Waals surface area (Å²) in [5, 5.41) is 9.66. The van der Waals surface area contributed by atoms with E-state index >= 15 is 0 Å². The largest absolute Gasteiger partial charge is 0.355 e. The number of likely N-dealkylation sites (tertiary alicyclic amines) is 1. The molecule has 5 rings (SSSR count). The second kappa shape index (κ2) is 10.1. The van der Waals surface area contributed by atoms with Crippen LogP contribution in [0, 0.1) is 5.92 Å². The van der Waals surface area contributed by atoms with E-state index in [1.54, 1.807) is 22.2 Å². The van der Waals surface area contributed by atoms with Crippen LogP contribution in [-0.4, -0.2) is 50.7 Å². The summed E-state index contributed by atoms with van der Waals surface area (Å²) in [6.45, 7) is 1.77. The van der Waals surface area contributed by atoms with Crippen LogP contribution in [-0.2, 0) is 11.2 Å². The van der Waals surface area contributed by atoms with Crippen LogP contribution >= 0.6 is 11.3 Å².